The molecule has 7 aromatic carbocycles. The summed E-state index contributed by atoms with van der Waals surface area (Å²) >= 11 is 0. The molecule has 10 rings (SSSR count). The second-order valence-electron chi connectivity index (χ2n) is 14.1. The summed E-state index contributed by atoms with van der Waals surface area (Å²) in [6, 6.07) is 28.3. The number of aromatic nitrogens is 2. The predicted octanol–water partition coefficient (Wildman–Crippen LogP) is 10.4. The van der Waals surface area contributed by atoms with Crippen LogP contribution >= 0.6 is 0 Å². The van der Waals surface area contributed by atoms with E-state index in [9.17, 15) is 14.4 Å². The molecule has 0 saturated heterocycles. The SMILES string of the molecule is CCCCCCCCCCN1C(=O)c2ccc3c4ccc5c(=O)n6c7cc8ccccc8cc7nc6c6ccc(c7ccc(c2c37)C1=O)c4c56. The maximum Gasteiger partial charge on any atom is 0.264 e. The van der Waals surface area contributed by atoms with Gasteiger partial charge in [-0.25, -0.2) is 4.98 Å². The van der Waals surface area contributed by atoms with Crippen molar-refractivity contribution in [3.63, 3.8) is 0 Å². The molecular weight excluding hydrogens is 619 g/mol. The van der Waals surface area contributed by atoms with Gasteiger partial charge in [0.1, 0.15) is 5.65 Å². The molecule has 1 aliphatic rings. The fourth-order valence-electron chi connectivity index (χ4n) is 8.87. The second kappa shape index (κ2) is 10.9. The maximum atomic E-state index is 14.3. The van der Waals surface area contributed by atoms with Crippen LogP contribution in [0.5, 0.6) is 0 Å². The molecule has 244 valence electrons. The van der Waals surface area contributed by atoms with Crippen molar-refractivity contribution >= 4 is 93.1 Å². The van der Waals surface area contributed by atoms with Crippen LogP contribution in [0.2, 0.25) is 0 Å². The Hall–Kier alpha value is -5.62. The zero-order chi connectivity index (χ0) is 33.7. The van der Waals surface area contributed by atoms with E-state index in [1.165, 1.54) is 37.0 Å². The standard InChI is InChI=1S/C44H35N3O3/c1-2-3-4-5-6-7-8-11-22-46-42(48)32-19-15-29-27-14-18-31-39-34(21-17-28(37(27)39)30-16-20-33(43(46)49)40(32)38(29)30)44(50)47-36-24-26-13-10-9-12-25(26)23-35(36)45-41(31)47/h9-10,12-21,23-24H,2-8,11,22H2,1H3. The monoisotopic (exact) mass is 653 g/mol. The van der Waals surface area contributed by atoms with Crippen LogP contribution in [0, 0.1) is 0 Å². The number of benzene rings is 7. The smallest absolute Gasteiger partial charge is 0.264 e. The Bertz CT molecular complexity index is 2870. The van der Waals surface area contributed by atoms with E-state index in [4.69, 9.17) is 4.98 Å². The number of hydrogen-bond acceptors (Lipinski definition) is 4. The molecule has 2 amide bonds. The van der Waals surface area contributed by atoms with Gasteiger partial charge < -0.3 is 0 Å². The Labute approximate surface area is 287 Å². The van der Waals surface area contributed by atoms with Gasteiger partial charge in [0.2, 0.25) is 0 Å². The zero-order valence-electron chi connectivity index (χ0n) is 28.0. The van der Waals surface area contributed by atoms with Gasteiger partial charge in [0, 0.05) is 39.2 Å². The highest BCUT2D eigenvalue weighted by Crippen LogP contribution is 2.46. The summed E-state index contributed by atoms with van der Waals surface area (Å²) in [5.41, 5.74) is 3.34. The average molecular weight is 654 g/mol. The fraction of sp³-hybridized carbons (Fsp3) is 0.227. The van der Waals surface area contributed by atoms with E-state index in [2.05, 4.69) is 43.3 Å². The first-order chi connectivity index (χ1) is 24.5. The molecule has 3 heterocycles. The number of pyridine rings is 1. The second-order valence-corrected chi connectivity index (χ2v) is 14.1. The predicted molar refractivity (Wildman–Crippen MR) is 204 cm³/mol. The van der Waals surface area contributed by atoms with Crippen LogP contribution in [0.4, 0.5) is 0 Å². The van der Waals surface area contributed by atoms with E-state index < -0.39 is 0 Å². The lowest BCUT2D eigenvalue weighted by Gasteiger charge is -2.28. The fourth-order valence-corrected chi connectivity index (χ4v) is 8.87. The largest absolute Gasteiger partial charge is 0.274 e. The quantitative estimate of drug-likeness (QED) is 0.0673. The average Bonchev–Trinajstić information content (AvgIpc) is 3.52. The summed E-state index contributed by atoms with van der Waals surface area (Å²) in [7, 11) is 0. The lowest BCUT2D eigenvalue weighted by atomic mass is 9.84. The van der Waals surface area contributed by atoms with Crippen molar-refractivity contribution in [3.8, 4) is 0 Å². The number of fused-ring (bicyclic) bond motifs is 7. The Morgan fingerprint density at radius 2 is 1.06 bits per heavy atom. The number of rotatable bonds is 9. The third-order valence-electron chi connectivity index (χ3n) is 11.3. The number of hydrogen-bond donors (Lipinski definition) is 0. The van der Waals surface area contributed by atoms with E-state index in [1.807, 2.05) is 48.5 Å². The maximum absolute atomic E-state index is 14.3. The molecule has 0 saturated carbocycles. The van der Waals surface area contributed by atoms with Gasteiger partial charge in [-0.1, -0.05) is 100 Å². The molecule has 6 heteroatoms. The Kier molecular flexibility index (Phi) is 6.41. The minimum Gasteiger partial charge on any atom is -0.274 e. The van der Waals surface area contributed by atoms with Crippen LogP contribution in [-0.2, 0) is 0 Å². The van der Waals surface area contributed by atoms with Crippen molar-refractivity contribution in [1.82, 2.24) is 14.3 Å². The number of carbonyl (C=O) groups is 2. The topological polar surface area (TPSA) is 71.8 Å². The summed E-state index contributed by atoms with van der Waals surface area (Å²) in [4.78, 5) is 48.6. The van der Waals surface area contributed by atoms with Gasteiger partial charge >= 0.3 is 0 Å². The van der Waals surface area contributed by atoms with Crippen LogP contribution in [-0.4, -0.2) is 32.6 Å². The first-order valence-electron chi connectivity index (χ1n) is 18.1. The molecule has 50 heavy (non-hydrogen) atoms. The van der Waals surface area contributed by atoms with Crippen molar-refractivity contribution in [2.45, 2.75) is 58.3 Å². The highest BCUT2D eigenvalue weighted by atomic mass is 16.2. The Balaban J connectivity index is 1.13. The normalized spacial score (nSPS) is 13.7. The lowest BCUT2D eigenvalue weighted by molar-refractivity contribution is 0.0608. The molecule has 6 nitrogen and oxygen atoms in total. The van der Waals surface area contributed by atoms with Crippen LogP contribution < -0.4 is 5.56 Å². The summed E-state index contributed by atoms with van der Waals surface area (Å²) in [6.45, 7) is 2.67. The highest BCUT2D eigenvalue weighted by Gasteiger charge is 2.34. The van der Waals surface area contributed by atoms with Gasteiger partial charge in [0.25, 0.3) is 17.4 Å². The molecule has 0 radical (unpaired) electrons. The Morgan fingerprint density at radius 1 is 0.540 bits per heavy atom. The van der Waals surface area contributed by atoms with E-state index in [0.717, 1.165) is 89.5 Å². The van der Waals surface area contributed by atoms with Crippen LogP contribution in [0.1, 0.15) is 79.0 Å². The third kappa shape index (κ3) is 3.96. The molecule has 9 aromatic rings. The van der Waals surface area contributed by atoms with Gasteiger partial charge in [-0.2, -0.15) is 0 Å². The van der Waals surface area contributed by atoms with E-state index in [-0.39, 0.29) is 17.4 Å². The molecule has 0 aliphatic carbocycles. The van der Waals surface area contributed by atoms with Crippen molar-refractivity contribution in [2.75, 3.05) is 6.54 Å². The number of carbonyl (C=O) groups excluding carboxylic acids is 2. The summed E-state index contributed by atoms with van der Waals surface area (Å²) < 4.78 is 1.76. The van der Waals surface area contributed by atoms with Gasteiger partial charge in [-0.3, -0.25) is 23.7 Å². The molecule has 0 spiro atoms. The summed E-state index contributed by atoms with van der Waals surface area (Å²) in [5.74, 6) is -0.412. The minimum atomic E-state index is -0.206. The van der Waals surface area contributed by atoms with Crippen molar-refractivity contribution < 1.29 is 9.59 Å². The molecule has 0 atom stereocenters. The molecular formula is C44H35N3O3. The minimum absolute atomic E-state index is 0.0854. The number of imide groups is 1. The van der Waals surface area contributed by atoms with Crippen molar-refractivity contribution in [1.29, 1.82) is 0 Å². The van der Waals surface area contributed by atoms with Gasteiger partial charge in [-0.15, -0.1) is 0 Å². The lowest BCUT2D eigenvalue weighted by Crippen LogP contribution is -2.40. The molecule has 0 N–H and O–H groups in total. The summed E-state index contributed by atoms with van der Waals surface area (Å²) in [6.07, 6.45) is 9.24. The third-order valence-corrected chi connectivity index (χ3v) is 11.3. The van der Waals surface area contributed by atoms with Crippen LogP contribution in [0.3, 0.4) is 0 Å². The molecule has 2 aromatic heterocycles. The Morgan fingerprint density at radius 3 is 1.72 bits per heavy atom. The molecule has 0 bridgehead atoms. The van der Waals surface area contributed by atoms with Crippen LogP contribution in [0.15, 0.2) is 89.7 Å². The van der Waals surface area contributed by atoms with Gasteiger partial charge in [0.15, 0.2) is 0 Å². The number of nitrogens with zero attached hydrogens (tertiary/aromatic N) is 3. The van der Waals surface area contributed by atoms with Crippen molar-refractivity contribution in [2.24, 2.45) is 0 Å². The first kappa shape index (κ1) is 29.3. The summed E-state index contributed by atoms with van der Waals surface area (Å²) in [5, 5.41) is 11.3. The molecule has 0 unspecified atom stereocenters. The molecule has 1 aliphatic heterocycles. The zero-order valence-corrected chi connectivity index (χ0v) is 28.0. The van der Waals surface area contributed by atoms with Gasteiger partial charge in [0.05, 0.1) is 11.0 Å². The van der Waals surface area contributed by atoms with Crippen molar-refractivity contribution in [3.05, 3.63) is 106 Å². The van der Waals surface area contributed by atoms with E-state index in [0.29, 0.717) is 28.7 Å². The van der Waals surface area contributed by atoms with Gasteiger partial charge in [-0.05, 0) is 85.9 Å². The van der Waals surface area contributed by atoms with Crippen LogP contribution in [0.25, 0.3) is 81.3 Å². The van der Waals surface area contributed by atoms with E-state index in [1.54, 1.807) is 4.40 Å². The first-order valence-corrected chi connectivity index (χ1v) is 18.1. The highest BCUT2D eigenvalue weighted by molar-refractivity contribution is 6.41. The number of imidazole rings is 1. The molecule has 0 fully saturated rings. The number of unbranched alkanes of at least 4 members (excludes halogenated alkanes) is 7. The van der Waals surface area contributed by atoms with E-state index >= 15 is 0 Å². The number of amides is 2.